The lowest BCUT2D eigenvalue weighted by molar-refractivity contribution is -0.137. The average Bonchev–Trinajstić information content (AvgIpc) is 2.35. The second kappa shape index (κ2) is 6.40. The van der Waals surface area contributed by atoms with Crippen molar-refractivity contribution in [3.05, 3.63) is 35.9 Å². The summed E-state index contributed by atoms with van der Waals surface area (Å²) in [6.07, 6.45) is 4.21. The lowest BCUT2D eigenvalue weighted by atomic mass is 9.68. The SMILES string of the molecule is CC1(C)CC(NC(CCC(=O)O)Cc2ccccc2)C1. The number of aliphatic carboxylic acids is 1. The summed E-state index contributed by atoms with van der Waals surface area (Å²) in [7, 11) is 0. The van der Waals surface area contributed by atoms with Crippen LogP contribution >= 0.6 is 0 Å². The van der Waals surface area contributed by atoms with Crippen molar-refractivity contribution in [2.75, 3.05) is 0 Å². The van der Waals surface area contributed by atoms with Crippen LogP contribution in [0.15, 0.2) is 30.3 Å². The van der Waals surface area contributed by atoms with Crippen LogP contribution in [-0.2, 0) is 11.2 Å². The molecule has 110 valence electrons. The Hall–Kier alpha value is -1.35. The van der Waals surface area contributed by atoms with Gasteiger partial charge in [-0.05, 0) is 36.7 Å². The summed E-state index contributed by atoms with van der Waals surface area (Å²) < 4.78 is 0. The van der Waals surface area contributed by atoms with Crippen LogP contribution in [0.4, 0.5) is 0 Å². The van der Waals surface area contributed by atoms with Crippen molar-refractivity contribution < 1.29 is 9.90 Å². The minimum Gasteiger partial charge on any atom is -0.481 e. The van der Waals surface area contributed by atoms with E-state index < -0.39 is 5.97 Å². The fourth-order valence-electron chi connectivity index (χ4n) is 3.17. The van der Waals surface area contributed by atoms with Crippen molar-refractivity contribution in [2.45, 2.75) is 58.0 Å². The van der Waals surface area contributed by atoms with E-state index in [9.17, 15) is 4.79 Å². The van der Waals surface area contributed by atoms with E-state index in [1.165, 1.54) is 18.4 Å². The third kappa shape index (κ3) is 4.64. The van der Waals surface area contributed by atoms with E-state index in [4.69, 9.17) is 5.11 Å². The second-order valence-electron chi connectivity index (χ2n) is 6.76. The zero-order valence-corrected chi connectivity index (χ0v) is 12.4. The first kappa shape index (κ1) is 15.0. The fraction of sp³-hybridized carbons (Fsp3) is 0.588. The summed E-state index contributed by atoms with van der Waals surface area (Å²) in [5.74, 6) is -0.709. The van der Waals surface area contributed by atoms with Crippen molar-refractivity contribution in [3.8, 4) is 0 Å². The second-order valence-corrected chi connectivity index (χ2v) is 6.76. The molecule has 3 nitrogen and oxygen atoms in total. The number of carboxylic acid groups (broad SMARTS) is 1. The Morgan fingerprint density at radius 2 is 2.00 bits per heavy atom. The van der Waals surface area contributed by atoms with Gasteiger partial charge in [-0.25, -0.2) is 0 Å². The van der Waals surface area contributed by atoms with Crippen molar-refractivity contribution in [1.29, 1.82) is 0 Å². The molecule has 3 heteroatoms. The fourth-order valence-corrected chi connectivity index (χ4v) is 3.17. The predicted molar refractivity (Wildman–Crippen MR) is 80.7 cm³/mol. The van der Waals surface area contributed by atoms with Gasteiger partial charge in [-0.15, -0.1) is 0 Å². The van der Waals surface area contributed by atoms with Gasteiger partial charge in [-0.2, -0.15) is 0 Å². The third-order valence-corrected chi connectivity index (χ3v) is 4.10. The minimum absolute atomic E-state index is 0.237. The highest BCUT2D eigenvalue weighted by Crippen LogP contribution is 2.40. The maximum atomic E-state index is 10.8. The molecule has 0 bridgehead atoms. The zero-order valence-electron chi connectivity index (χ0n) is 12.4. The predicted octanol–water partition coefficient (Wildman–Crippen LogP) is 3.24. The molecule has 0 saturated heterocycles. The van der Waals surface area contributed by atoms with Crippen molar-refractivity contribution >= 4 is 5.97 Å². The van der Waals surface area contributed by atoms with Gasteiger partial charge in [0.25, 0.3) is 0 Å². The van der Waals surface area contributed by atoms with Crippen LogP contribution in [0.25, 0.3) is 0 Å². The molecule has 1 fully saturated rings. The van der Waals surface area contributed by atoms with E-state index in [1.54, 1.807) is 0 Å². The van der Waals surface area contributed by atoms with Crippen LogP contribution in [-0.4, -0.2) is 23.2 Å². The molecule has 20 heavy (non-hydrogen) atoms. The normalized spacial score (nSPS) is 19.3. The Morgan fingerprint density at radius 3 is 2.55 bits per heavy atom. The van der Waals surface area contributed by atoms with Crippen LogP contribution < -0.4 is 5.32 Å². The van der Waals surface area contributed by atoms with E-state index in [1.807, 2.05) is 18.2 Å². The van der Waals surface area contributed by atoms with E-state index in [0.29, 0.717) is 17.9 Å². The summed E-state index contributed by atoms with van der Waals surface area (Å²) in [6.45, 7) is 4.57. The monoisotopic (exact) mass is 275 g/mol. The van der Waals surface area contributed by atoms with Crippen molar-refractivity contribution in [2.24, 2.45) is 5.41 Å². The molecule has 0 spiro atoms. The molecule has 2 N–H and O–H groups in total. The zero-order chi connectivity index (χ0) is 14.6. The summed E-state index contributed by atoms with van der Waals surface area (Å²) in [6, 6.07) is 11.1. The van der Waals surface area contributed by atoms with E-state index in [0.717, 1.165) is 6.42 Å². The summed E-state index contributed by atoms with van der Waals surface area (Å²) in [4.78, 5) is 10.8. The van der Waals surface area contributed by atoms with Gasteiger partial charge in [0.15, 0.2) is 0 Å². The third-order valence-electron chi connectivity index (χ3n) is 4.10. The summed E-state index contributed by atoms with van der Waals surface area (Å²) in [5, 5.41) is 12.5. The molecule has 0 radical (unpaired) electrons. The maximum absolute atomic E-state index is 10.8. The Morgan fingerprint density at radius 1 is 1.35 bits per heavy atom. The summed E-state index contributed by atoms with van der Waals surface area (Å²) >= 11 is 0. The molecule has 1 aliphatic rings. The van der Waals surface area contributed by atoms with E-state index in [2.05, 4.69) is 31.3 Å². The molecule has 0 aromatic heterocycles. The molecule has 0 heterocycles. The van der Waals surface area contributed by atoms with Crippen LogP contribution in [0, 0.1) is 5.41 Å². The lowest BCUT2D eigenvalue weighted by Gasteiger charge is -2.44. The Balaban J connectivity index is 1.89. The molecule has 1 aliphatic carbocycles. The minimum atomic E-state index is -0.709. The average molecular weight is 275 g/mol. The number of rotatable bonds is 7. The van der Waals surface area contributed by atoms with Crippen LogP contribution in [0.5, 0.6) is 0 Å². The highest BCUT2D eigenvalue weighted by Gasteiger charge is 2.36. The quantitative estimate of drug-likeness (QED) is 0.803. The molecular weight excluding hydrogens is 250 g/mol. The Labute approximate surface area is 121 Å². The molecular formula is C17H25NO2. The smallest absolute Gasteiger partial charge is 0.303 e. The highest BCUT2D eigenvalue weighted by atomic mass is 16.4. The van der Waals surface area contributed by atoms with Crippen molar-refractivity contribution in [3.63, 3.8) is 0 Å². The van der Waals surface area contributed by atoms with Gasteiger partial charge < -0.3 is 10.4 Å². The van der Waals surface area contributed by atoms with Gasteiger partial charge in [-0.3, -0.25) is 4.79 Å². The topological polar surface area (TPSA) is 49.3 Å². The van der Waals surface area contributed by atoms with E-state index >= 15 is 0 Å². The Bertz CT molecular complexity index is 434. The van der Waals surface area contributed by atoms with Gasteiger partial charge in [0, 0.05) is 18.5 Å². The summed E-state index contributed by atoms with van der Waals surface area (Å²) in [5.41, 5.74) is 1.72. The molecule has 1 atom stereocenters. The molecule has 1 saturated carbocycles. The Kier molecular flexibility index (Phi) is 4.81. The van der Waals surface area contributed by atoms with E-state index in [-0.39, 0.29) is 12.5 Å². The lowest BCUT2D eigenvalue weighted by Crippen LogP contribution is -2.50. The number of carbonyl (C=O) groups is 1. The van der Waals surface area contributed by atoms with Crippen LogP contribution in [0.2, 0.25) is 0 Å². The first-order chi connectivity index (χ1) is 9.44. The van der Waals surface area contributed by atoms with Crippen molar-refractivity contribution in [1.82, 2.24) is 5.32 Å². The molecule has 2 rings (SSSR count). The molecule has 1 unspecified atom stereocenters. The first-order valence-electron chi connectivity index (χ1n) is 7.46. The molecule has 0 amide bonds. The van der Waals surface area contributed by atoms with Gasteiger partial charge in [0.05, 0.1) is 0 Å². The van der Waals surface area contributed by atoms with Gasteiger partial charge >= 0.3 is 5.97 Å². The van der Waals surface area contributed by atoms with Gasteiger partial charge in [-0.1, -0.05) is 44.2 Å². The van der Waals surface area contributed by atoms with Crippen LogP contribution in [0.1, 0.15) is 45.1 Å². The largest absolute Gasteiger partial charge is 0.481 e. The molecule has 0 aliphatic heterocycles. The number of carboxylic acids is 1. The number of benzene rings is 1. The standard InChI is InChI=1S/C17H25NO2/c1-17(2)11-15(12-17)18-14(8-9-16(19)20)10-13-6-4-3-5-7-13/h3-7,14-15,18H,8-12H2,1-2H3,(H,19,20). The molecule has 1 aromatic carbocycles. The number of hydrogen-bond donors (Lipinski definition) is 2. The number of nitrogens with one attached hydrogen (secondary N) is 1. The highest BCUT2D eigenvalue weighted by molar-refractivity contribution is 5.66. The van der Waals surface area contributed by atoms with Crippen LogP contribution in [0.3, 0.4) is 0 Å². The first-order valence-corrected chi connectivity index (χ1v) is 7.46. The number of hydrogen-bond acceptors (Lipinski definition) is 2. The molecule has 1 aromatic rings. The van der Waals surface area contributed by atoms with Gasteiger partial charge in [0.1, 0.15) is 0 Å². The maximum Gasteiger partial charge on any atom is 0.303 e. The van der Waals surface area contributed by atoms with Gasteiger partial charge in [0.2, 0.25) is 0 Å².